The van der Waals surface area contributed by atoms with Gasteiger partial charge in [0.25, 0.3) is 0 Å². The number of carbonyl (C=O) groups excluding carboxylic acids is 1. The molecule has 0 aromatic heterocycles. The summed E-state index contributed by atoms with van der Waals surface area (Å²) in [6, 6.07) is 13.2. The maximum absolute atomic E-state index is 13.5. The zero-order chi connectivity index (χ0) is 17.1. The summed E-state index contributed by atoms with van der Waals surface area (Å²) in [7, 11) is 0. The fraction of sp³-hybridized carbons (Fsp3) is 0.158. The molecule has 1 heterocycles. The molecular formula is C19H17FN2O2. The van der Waals surface area contributed by atoms with Crippen molar-refractivity contribution in [2.45, 2.75) is 19.4 Å². The maximum atomic E-state index is 13.5. The van der Waals surface area contributed by atoms with Crippen molar-refractivity contribution in [2.75, 3.05) is 0 Å². The van der Waals surface area contributed by atoms with Gasteiger partial charge in [0.2, 0.25) is 5.91 Å². The van der Waals surface area contributed by atoms with Gasteiger partial charge >= 0.3 is 0 Å². The Morgan fingerprint density at radius 1 is 1.29 bits per heavy atom. The van der Waals surface area contributed by atoms with Crippen LogP contribution in [-0.2, 0) is 4.79 Å². The Hall–Kier alpha value is -2.95. The zero-order valence-corrected chi connectivity index (χ0v) is 13.2. The van der Waals surface area contributed by atoms with Crippen LogP contribution < -0.4 is 0 Å². The number of nitrogens with zero attached hydrogens (tertiary/aromatic N) is 2. The molecule has 1 N–H and O–H groups in total. The summed E-state index contributed by atoms with van der Waals surface area (Å²) in [4.78, 5) is 11.8. The van der Waals surface area contributed by atoms with E-state index < -0.39 is 5.82 Å². The quantitative estimate of drug-likeness (QED) is 0.938. The molecule has 0 aliphatic carbocycles. The van der Waals surface area contributed by atoms with Crippen LogP contribution in [0.25, 0.3) is 6.08 Å². The number of amides is 1. The van der Waals surface area contributed by atoms with Crippen LogP contribution in [0.15, 0.2) is 59.7 Å². The standard InChI is InChI=1S/C19H17FN2O2/c1-13(23)22-16(9-7-14-5-3-2-4-6-14)12-18(21-22)17-11-15(20)8-10-19(17)24/h2-11,16,24H,12H2,1H3/b9-7+/t16-/m0/s1. The molecule has 4 nitrogen and oxygen atoms in total. The monoisotopic (exact) mass is 324 g/mol. The lowest BCUT2D eigenvalue weighted by molar-refractivity contribution is -0.129. The van der Waals surface area contributed by atoms with E-state index in [1.165, 1.54) is 30.1 Å². The lowest BCUT2D eigenvalue weighted by Gasteiger charge is -2.16. The summed E-state index contributed by atoms with van der Waals surface area (Å²) in [5.41, 5.74) is 1.82. The van der Waals surface area contributed by atoms with Crippen LogP contribution in [-0.4, -0.2) is 27.8 Å². The molecule has 2 aromatic rings. The average Bonchev–Trinajstić information content (AvgIpc) is 3.00. The molecule has 5 heteroatoms. The van der Waals surface area contributed by atoms with Crippen LogP contribution in [0, 0.1) is 5.82 Å². The molecule has 0 unspecified atom stereocenters. The van der Waals surface area contributed by atoms with E-state index in [1.54, 1.807) is 0 Å². The van der Waals surface area contributed by atoms with E-state index in [1.807, 2.05) is 42.5 Å². The summed E-state index contributed by atoms with van der Waals surface area (Å²) in [6.07, 6.45) is 4.23. The number of phenols is 1. The van der Waals surface area contributed by atoms with E-state index in [4.69, 9.17) is 0 Å². The Labute approximate surface area is 139 Å². The third-order valence-electron chi connectivity index (χ3n) is 3.85. The molecule has 1 atom stereocenters. The summed E-state index contributed by atoms with van der Waals surface area (Å²) >= 11 is 0. The first-order chi connectivity index (χ1) is 11.5. The molecule has 122 valence electrons. The number of hydrogen-bond donors (Lipinski definition) is 1. The number of hydrogen-bond acceptors (Lipinski definition) is 3. The second-order valence-electron chi connectivity index (χ2n) is 5.61. The minimum atomic E-state index is -0.455. The fourth-order valence-electron chi connectivity index (χ4n) is 2.67. The first-order valence-corrected chi connectivity index (χ1v) is 7.64. The molecule has 0 bridgehead atoms. The minimum Gasteiger partial charge on any atom is -0.507 e. The molecule has 0 radical (unpaired) electrons. The van der Waals surface area contributed by atoms with E-state index in [2.05, 4.69) is 5.10 Å². The first kappa shape index (κ1) is 15.9. The zero-order valence-electron chi connectivity index (χ0n) is 13.2. The van der Waals surface area contributed by atoms with Crippen LogP contribution in [0.1, 0.15) is 24.5 Å². The van der Waals surface area contributed by atoms with Crippen molar-refractivity contribution < 1.29 is 14.3 Å². The van der Waals surface area contributed by atoms with Gasteiger partial charge in [0.05, 0.1) is 11.8 Å². The average molecular weight is 324 g/mol. The van der Waals surface area contributed by atoms with E-state index in [0.29, 0.717) is 17.7 Å². The van der Waals surface area contributed by atoms with E-state index >= 15 is 0 Å². The molecule has 0 saturated heterocycles. The molecule has 0 spiro atoms. The van der Waals surface area contributed by atoms with Crippen molar-refractivity contribution in [3.63, 3.8) is 0 Å². The highest BCUT2D eigenvalue weighted by atomic mass is 19.1. The van der Waals surface area contributed by atoms with Gasteiger partial charge in [-0.25, -0.2) is 9.40 Å². The van der Waals surface area contributed by atoms with Gasteiger partial charge in [-0.05, 0) is 23.8 Å². The number of aromatic hydroxyl groups is 1. The summed E-state index contributed by atoms with van der Waals surface area (Å²) in [5.74, 6) is -0.710. The number of benzene rings is 2. The summed E-state index contributed by atoms with van der Waals surface area (Å²) in [6.45, 7) is 1.43. The molecular weight excluding hydrogens is 307 g/mol. The second kappa shape index (κ2) is 6.66. The highest BCUT2D eigenvalue weighted by molar-refractivity contribution is 6.05. The van der Waals surface area contributed by atoms with Crippen molar-refractivity contribution in [1.29, 1.82) is 0 Å². The highest BCUT2D eigenvalue weighted by Gasteiger charge is 2.29. The second-order valence-corrected chi connectivity index (χ2v) is 5.61. The lowest BCUT2D eigenvalue weighted by Crippen LogP contribution is -2.29. The number of carbonyl (C=O) groups is 1. The van der Waals surface area contributed by atoms with Gasteiger partial charge in [-0.2, -0.15) is 5.10 Å². The van der Waals surface area contributed by atoms with E-state index in [9.17, 15) is 14.3 Å². The van der Waals surface area contributed by atoms with E-state index in [-0.39, 0.29) is 17.7 Å². The van der Waals surface area contributed by atoms with Gasteiger partial charge in [0, 0.05) is 18.9 Å². The minimum absolute atomic E-state index is 0.0497. The van der Waals surface area contributed by atoms with Crippen LogP contribution >= 0.6 is 0 Å². The van der Waals surface area contributed by atoms with Crippen molar-refractivity contribution in [3.8, 4) is 5.75 Å². The molecule has 1 aliphatic rings. The van der Waals surface area contributed by atoms with Crippen molar-refractivity contribution in [3.05, 3.63) is 71.6 Å². The molecule has 0 saturated carbocycles. The maximum Gasteiger partial charge on any atom is 0.240 e. The SMILES string of the molecule is CC(=O)N1N=C(c2cc(F)ccc2O)C[C@@H]1/C=C/c1ccccc1. The molecule has 2 aromatic carbocycles. The van der Waals surface area contributed by atoms with Gasteiger partial charge in [-0.15, -0.1) is 0 Å². The third-order valence-corrected chi connectivity index (χ3v) is 3.85. The summed E-state index contributed by atoms with van der Waals surface area (Å²) < 4.78 is 13.5. The Morgan fingerprint density at radius 2 is 2.04 bits per heavy atom. The molecule has 3 rings (SSSR count). The molecule has 1 aliphatic heterocycles. The topological polar surface area (TPSA) is 52.9 Å². The Balaban J connectivity index is 1.87. The summed E-state index contributed by atoms with van der Waals surface area (Å²) in [5, 5.41) is 15.6. The normalized spacial score (nSPS) is 17.3. The van der Waals surface area contributed by atoms with Gasteiger partial charge in [-0.1, -0.05) is 42.5 Å². The highest BCUT2D eigenvalue weighted by Crippen LogP contribution is 2.27. The van der Waals surface area contributed by atoms with Crippen LogP contribution in [0.3, 0.4) is 0 Å². The Bertz CT molecular complexity index is 815. The van der Waals surface area contributed by atoms with E-state index in [0.717, 1.165) is 5.56 Å². The van der Waals surface area contributed by atoms with Gasteiger partial charge in [0.15, 0.2) is 0 Å². The van der Waals surface area contributed by atoms with Gasteiger partial charge in [0.1, 0.15) is 11.6 Å². The predicted octanol–water partition coefficient (Wildman–Crippen LogP) is 3.57. The van der Waals surface area contributed by atoms with Crippen molar-refractivity contribution in [1.82, 2.24) is 5.01 Å². The third kappa shape index (κ3) is 3.35. The number of rotatable bonds is 3. The Kier molecular flexibility index (Phi) is 4.42. The van der Waals surface area contributed by atoms with Crippen molar-refractivity contribution >= 4 is 17.7 Å². The number of phenolic OH excluding ortho intramolecular Hbond substituents is 1. The van der Waals surface area contributed by atoms with Crippen LogP contribution in [0.2, 0.25) is 0 Å². The fourth-order valence-corrected chi connectivity index (χ4v) is 2.67. The smallest absolute Gasteiger partial charge is 0.240 e. The molecule has 0 fully saturated rings. The molecule has 1 amide bonds. The van der Waals surface area contributed by atoms with Gasteiger partial charge in [-0.3, -0.25) is 4.79 Å². The predicted molar refractivity (Wildman–Crippen MR) is 91.0 cm³/mol. The lowest BCUT2D eigenvalue weighted by atomic mass is 10.0. The number of hydrazone groups is 1. The van der Waals surface area contributed by atoms with Crippen molar-refractivity contribution in [2.24, 2.45) is 5.10 Å². The van der Waals surface area contributed by atoms with Crippen LogP contribution in [0.4, 0.5) is 4.39 Å². The van der Waals surface area contributed by atoms with Gasteiger partial charge < -0.3 is 5.11 Å². The number of halogens is 1. The largest absolute Gasteiger partial charge is 0.507 e. The molecule has 24 heavy (non-hydrogen) atoms. The van der Waals surface area contributed by atoms with Crippen LogP contribution in [0.5, 0.6) is 5.75 Å². The first-order valence-electron chi connectivity index (χ1n) is 7.64. The Morgan fingerprint density at radius 3 is 2.75 bits per heavy atom.